The molecule has 1 unspecified atom stereocenters. The van der Waals surface area contributed by atoms with Crippen molar-refractivity contribution in [1.82, 2.24) is 15.2 Å². The van der Waals surface area contributed by atoms with Gasteiger partial charge in [0.15, 0.2) is 0 Å². The fourth-order valence-corrected chi connectivity index (χ4v) is 2.11. The molecule has 1 saturated heterocycles. The molecule has 1 aliphatic heterocycles. The predicted molar refractivity (Wildman–Crippen MR) is 73.8 cm³/mol. The second kappa shape index (κ2) is 6.52. The largest absolute Gasteiger partial charge is 0.374 e. The molecule has 1 aromatic rings. The quantitative estimate of drug-likeness (QED) is 0.859. The minimum absolute atomic E-state index is 0.0124. The highest BCUT2D eigenvalue weighted by molar-refractivity contribution is 6.41. The van der Waals surface area contributed by atoms with E-state index in [0.717, 1.165) is 13.1 Å². The minimum Gasteiger partial charge on any atom is -0.374 e. The van der Waals surface area contributed by atoms with E-state index in [1.807, 2.05) is 7.05 Å². The van der Waals surface area contributed by atoms with Gasteiger partial charge in [-0.05, 0) is 13.1 Å². The number of likely N-dealkylation sites (N-methyl/N-ethyl adjacent to an activating group) is 1. The molecule has 0 spiro atoms. The van der Waals surface area contributed by atoms with Crippen molar-refractivity contribution in [1.29, 1.82) is 0 Å². The molecule has 0 radical (unpaired) electrons. The summed E-state index contributed by atoms with van der Waals surface area (Å²) in [6, 6.07) is 1.50. The molecule has 7 heteroatoms. The Hall–Kier alpha value is -0.880. The zero-order valence-corrected chi connectivity index (χ0v) is 12.0. The summed E-state index contributed by atoms with van der Waals surface area (Å²) in [5, 5.41) is 3.26. The van der Waals surface area contributed by atoms with Gasteiger partial charge in [0.25, 0.3) is 5.91 Å². The summed E-state index contributed by atoms with van der Waals surface area (Å²) in [6.45, 7) is 2.87. The number of morpholine rings is 1. The zero-order chi connectivity index (χ0) is 13.8. The van der Waals surface area contributed by atoms with Crippen LogP contribution in [0.4, 0.5) is 0 Å². The summed E-state index contributed by atoms with van der Waals surface area (Å²) in [4.78, 5) is 17.9. The van der Waals surface area contributed by atoms with Crippen LogP contribution in [-0.2, 0) is 4.74 Å². The van der Waals surface area contributed by atoms with E-state index in [2.05, 4.69) is 15.2 Å². The summed E-state index contributed by atoms with van der Waals surface area (Å²) in [6.07, 6.45) is 1.41. The highest BCUT2D eigenvalue weighted by Crippen LogP contribution is 2.19. The fourth-order valence-electron chi connectivity index (χ4n) is 1.84. The van der Waals surface area contributed by atoms with Crippen LogP contribution in [0.15, 0.2) is 12.3 Å². The van der Waals surface area contributed by atoms with Crippen LogP contribution < -0.4 is 5.32 Å². The van der Waals surface area contributed by atoms with E-state index < -0.39 is 0 Å². The fraction of sp³-hybridized carbons (Fsp3) is 0.500. The van der Waals surface area contributed by atoms with E-state index in [0.29, 0.717) is 18.7 Å². The van der Waals surface area contributed by atoms with Gasteiger partial charge in [0.1, 0.15) is 5.15 Å². The van der Waals surface area contributed by atoms with Gasteiger partial charge in [-0.3, -0.25) is 4.79 Å². The first-order valence-corrected chi connectivity index (χ1v) is 6.71. The molecule has 104 valence electrons. The second-order valence-corrected chi connectivity index (χ2v) is 5.23. The third-order valence-corrected chi connectivity index (χ3v) is 3.58. The molecule has 1 aliphatic rings. The van der Waals surface area contributed by atoms with Gasteiger partial charge in [0.2, 0.25) is 0 Å². The SMILES string of the molecule is CN1CCOC(CNC(=O)c2cnc(Cl)c(Cl)c2)C1. The molecule has 0 aromatic carbocycles. The lowest BCUT2D eigenvalue weighted by atomic mass is 10.2. The molecule has 2 rings (SSSR count). The number of amides is 1. The Bertz CT molecular complexity index is 470. The number of aromatic nitrogens is 1. The molecule has 1 fully saturated rings. The molecule has 2 heterocycles. The molecule has 0 aliphatic carbocycles. The Morgan fingerprint density at radius 2 is 2.42 bits per heavy atom. The molecular weight excluding hydrogens is 289 g/mol. The van der Waals surface area contributed by atoms with Crippen LogP contribution >= 0.6 is 23.2 Å². The minimum atomic E-state index is -0.233. The van der Waals surface area contributed by atoms with Crippen molar-refractivity contribution in [3.05, 3.63) is 28.0 Å². The van der Waals surface area contributed by atoms with Gasteiger partial charge in [-0.2, -0.15) is 0 Å². The molecule has 1 atom stereocenters. The van der Waals surface area contributed by atoms with Gasteiger partial charge in [-0.25, -0.2) is 4.98 Å². The summed E-state index contributed by atoms with van der Waals surface area (Å²) in [5.74, 6) is -0.233. The first-order valence-electron chi connectivity index (χ1n) is 5.95. The number of carbonyl (C=O) groups is 1. The Kier molecular flexibility index (Phi) is 4.99. The van der Waals surface area contributed by atoms with E-state index in [-0.39, 0.29) is 22.2 Å². The van der Waals surface area contributed by atoms with Crippen molar-refractivity contribution >= 4 is 29.1 Å². The zero-order valence-electron chi connectivity index (χ0n) is 10.5. The molecule has 19 heavy (non-hydrogen) atoms. The van der Waals surface area contributed by atoms with Gasteiger partial charge in [0.05, 0.1) is 23.3 Å². The van der Waals surface area contributed by atoms with Crippen LogP contribution in [0.5, 0.6) is 0 Å². The standard InChI is InChI=1S/C12H15Cl2N3O2/c1-17-2-3-19-9(7-17)6-16-12(18)8-4-10(13)11(14)15-5-8/h4-5,9H,2-3,6-7H2,1H3,(H,16,18). The number of carbonyl (C=O) groups excluding carboxylic acids is 1. The molecule has 1 aromatic heterocycles. The number of nitrogens with zero attached hydrogens (tertiary/aromatic N) is 2. The lowest BCUT2D eigenvalue weighted by Crippen LogP contribution is -2.45. The maximum atomic E-state index is 11.9. The van der Waals surface area contributed by atoms with Crippen LogP contribution in [0, 0.1) is 0 Å². The Morgan fingerprint density at radius 1 is 1.63 bits per heavy atom. The number of hydrogen-bond donors (Lipinski definition) is 1. The molecule has 1 N–H and O–H groups in total. The van der Waals surface area contributed by atoms with Crippen molar-refractivity contribution in [2.24, 2.45) is 0 Å². The van der Waals surface area contributed by atoms with Gasteiger partial charge >= 0.3 is 0 Å². The molecule has 1 amide bonds. The molecule has 5 nitrogen and oxygen atoms in total. The molecular formula is C12H15Cl2N3O2. The summed E-state index contributed by atoms with van der Waals surface area (Å²) in [7, 11) is 2.03. The van der Waals surface area contributed by atoms with Crippen LogP contribution in [0.3, 0.4) is 0 Å². The van der Waals surface area contributed by atoms with E-state index in [9.17, 15) is 4.79 Å². The van der Waals surface area contributed by atoms with Crippen LogP contribution in [0.2, 0.25) is 10.2 Å². The monoisotopic (exact) mass is 303 g/mol. The van der Waals surface area contributed by atoms with Crippen molar-refractivity contribution in [2.75, 3.05) is 33.3 Å². The Balaban J connectivity index is 1.88. The van der Waals surface area contributed by atoms with Crippen LogP contribution in [-0.4, -0.2) is 55.2 Å². The van der Waals surface area contributed by atoms with Crippen LogP contribution in [0.25, 0.3) is 0 Å². The second-order valence-electron chi connectivity index (χ2n) is 4.46. The number of pyridine rings is 1. The van der Waals surface area contributed by atoms with Crippen molar-refractivity contribution in [3.8, 4) is 0 Å². The lowest BCUT2D eigenvalue weighted by Gasteiger charge is -2.30. The third kappa shape index (κ3) is 4.04. The average Bonchev–Trinajstić information content (AvgIpc) is 2.39. The lowest BCUT2D eigenvalue weighted by molar-refractivity contribution is -0.0175. The van der Waals surface area contributed by atoms with E-state index in [1.165, 1.54) is 12.3 Å². The topological polar surface area (TPSA) is 54.5 Å². The number of rotatable bonds is 3. The summed E-state index contributed by atoms with van der Waals surface area (Å²) in [5.41, 5.74) is 0.388. The van der Waals surface area contributed by atoms with Gasteiger partial charge in [0, 0.05) is 25.8 Å². The molecule has 0 saturated carbocycles. The van der Waals surface area contributed by atoms with Crippen molar-refractivity contribution < 1.29 is 9.53 Å². The highest BCUT2D eigenvalue weighted by Gasteiger charge is 2.18. The number of halogens is 2. The average molecular weight is 304 g/mol. The van der Waals surface area contributed by atoms with E-state index in [1.54, 1.807) is 0 Å². The third-order valence-electron chi connectivity index (χ3n) is 2.89. The first-order chi connectivity index (χ1) is 9.06. The Labute approximate surface area is 121 Å². The van der Waals surface area contributed by atoms with Gasteiger partial charge < -0.3 is 15.0 Å². The first kappa shape index (κ1) is 14.5. The van der Waals surface area contributed by atoms with E-state index >= 15 is 0 Å². The van der Waals surface area contributed by atoms with Gasteiger partial charge in [-0.15, -0.1) is 0 Å². The molecule has 0 bridgehead atoms. The number of ether oxygens (including phenoxy) is 1. The summed E-state index contributed by atoms with van der Waals surface area (Å²) >= 11 is 11.5. The van der Waals surface area contributed by atoms with Crippen molar-refractivity contribution in [3.63, 3.8) is 0 Å². The normalized spacial score (nSPS) is 20.3. The maximum Gasteiger partial charge on any atom is 0.252 e. The van der Waals surface area contributed by atoms with Crippen molar-refractivity contribution in [2.45, 2.75) is 6.10 Å². The Morgan fingerprint density at radius 3 is 3.11 bits per heavy atom. The van der Waals surface area contributed by atoms with E-state index in [4.69, 9.17) is 27.9 Å². The van der Waals surface area contributed by atoms with Gasteiger partial charge in [-0.1, -0.05) is 23.2 Å². The highest BCUT2D eigenvalue weighted by atomic mass is 35.5. The van der Waals surface area contributed by atoms with Crippen LogP contribution in [0.1, 0.15) is 10.4 Å². The maximum absolute atomic E-state index is 11.9. The number of hydrogen-bond acceptors (Lipinski definition) is 4. The smallest absolute Gasteiger partial charge is 0.252 e. The summed E-state index contributed by atoms with van der Waals surface area (Å²) < 4.78 is 5.56. The predicted octanol–water partition coefficient (Wildman–Crippen LogP) is 1.45. The number of nitrogens with one attached hydrogen (secondary N) is 1.